The van der Waals surface area contributed by atoms with Crippen LogP contribution < -0.4 is 0 Å². The van der Waals surface area contributed by atoms with Gasteiger partial charge in [0.25, 0.3) is 5.91 Å². The zero-order valence-corrected chi connectivity index (χ0v) is 14.4. The highest BCUT2D eigenvalue weighted by Gasteiger charge is 2.18. The number of amides is 2. The Morgan fingerprint density at radius 3 is 2.09 bits per heavy atom. The molecule has 23 heavy (non-hydrogen) atoms. The Balaban J connectivity index is 2.91. The molecule has 0 aliphatic heterocycles. The first kappa shape index (κ1) is 19.0. The van der Waals surface area contributed by atoms with Crippen LogP contribution in [0.25, 0.3) is 0 Å². The molecule has 2 amide bonds. The van der Waals surface area contributed by atoms with Crippen LogP contribution in [-0.2, 0) is 6.42 Å². The topological polar surface area (TPSA) is 60.9 Å². The number of nitrogens with zero attached hydrogens (tertiary/aromatic N) is 2. The third kappa shape index (κ3) is 5.58. The van der Waals surface area contributed by atoms with Crippen molar-refractivity contribution in [2.24, 2.45) is 0 Å². The zero-order chi connectivity index (χ0) is 17.2. The monoisotopic (exact) mass is 320 g/mol. The number of carbonyl (C=O) groups is 2. The van der Waals surface area contributed by atoms with Gasteiger partial charge < -0.3 is 14.9 Å². The summed E-state index contributed by atoms with van der Waals surface area (Å²) in [6.07, 6.45) is 1.48. The minimum Gasteiger partial charge on any atom is -0.465 e. The fourth-order valence-electron chi connectivity index (χ4n) is 2.62. The van der Waals surface area contributed by atoms with Gasteiger partial charge in [0, 0.05) is 31.7 Å². The molecular formula is C18H28N2O3. The van der Waals surface area contributed by atoms with Gasteiger partial charge in [-0.1, -0.05) is 32.0 Å². The van der Waals surface area contributed by atoms with Crippen LogP contribution in [0.5, 0.6) is 0 Å². The molecule has 0 fully saturated rings. The largest absolute Gasteiger partial charge is 0.465 e. The lowest BCUT2D eigenvalue weighted by Gasteiger charge is -2.23. The van der Waals surface area contributed by atoms with Crippen molar-refractivity contribution in [1.82, 2.24) is 9.80 Å². The maximum Gasteiger partial charge on any atom is 0.407 e. The number of hydrogen-bond donors (Lipinski definition) is 1. The standard InChI is InChI=1S/C18H28N2O3/c1-4-12-20(13-5-2)17(21)16-10-8-7-9-15(16)11-14-19(6-3)18(22)23/h7-10H,4-6,11-14H2,1-3H3,(H,22,23). The van der Waals surface area contributed by atoms with Crippen LogP contribution in [-0.4, -0.2) is 53.1 Å². The van der Waals surface area contributed by atoms with Crippen LogP contribution in [0, 0.1) is 0 Å². The van der Waals surface area contributed by atoms with Crippen LogP contribution in [0.3, 0.4) is 0 Å². The molecule has 5 nitrogen and oxygen atoms in total. The maximum atomic E-state index is 12.8. The maximum absolute atomic E-state index is 12.8. The third-order valence-electron chi connectivity index (χ3n) is 3.83. The number of likely N-dealkylation sites (N-methyl/N-ethyl adjacent to an activating group) is 1. The lowest BCUT2D eigenvalue weighted by atomic mass is 10.0. The Morgan fingerprint density at radius 1 is 0.957 bits per heavy atom. The Kier molecular flexibility index (Phi) is 8.16. The molecule has 0 aliphatic carbocycles. The molecule has 0 spiro atoms. The fraction of sp³-hybridized carbons (Fsp3) is 0.556. The second kappa shape index (κ2) is 9.87. The number of benzene rings is 1. The highest BCUT2D eigenvalue weighted by Crippen LogP contribution is 2.14. The van der Waals surface area contributed by atoms with Crippen LogP contribution in [0.1, 0.15) is 49.5 Å². The van der Waals surface area contributed by atoms with Gasteiger partial charge in [0.1, 0.15) is 0 Å². The summed E-state index contributed by atoms with van der Waals surface area (Å²) in [7, 11) is 0. The summed E-state index contributed by atoms with van der Waals surface area (Å²) in [6, 6.07) is 7.51. The summed E-state index contributed by atoms with van der Waals surface area (Å²) >= 11 is 0. The van der Waals surface area contributed by atoms with Gasteiger partial charge in [0.15, 0.2) is 0 Å². The molecule has 0 atom stereocenters. The molecule has 0 saturated heterocycles. The predicted molar refractivity (Wildman–Crippen MR) is 91.9 cm³/mol. The highest BCUT2D eigenvalue weighted by molar-refractivity contribution is 5.95. The average Bonchev–Trinajstić information content (AvgIpc) is 2.54. The molecule has 1 aromatic carbocycles. The Morgan fingerprint density at radius 2 is 1.57 bits per heavy atom. The van der Waals surface area contributed by atoms with Crippen LogP contribution >= 0.6 is 0 Å². The second-order valence-electron chi connectivity index (χ2n) is 5.56. The molecule has 0 radical (unpaired) electrons. The van der Waals surface area contributed by atoms with Gasteiger partial charge in [-0.05, 0) is 37.8 Å². The fourth-order valence-corrected chi connectivity index (χ4v) is 2.62. The van der Waals surface area contributed by atoms with Gasteiger partial charge in [-0.15, -0.1) is 0 Å². The van der Waals surface area contributed by atoms with E-state index in [0.29, 0.717) is 25.1 Å². The molecule has 1 aromatic rings. The first-order valence-electron chi connectivity index (χ1n) is 8.40. The van der Waals surface area contributed by atoms with Crippen molar-refractivity contribution in [3.63, 3.8) is 0 Å². The van der Waals surface area contributed by atoms with Crippen molar-refractivity contribution in [3.8, 4) is 0 Å². The number of hydrogen-bond acceptors (Lipinski definition) is 2. The van der Waals surface area contributed by atoms with Crippen molar-refractivity contribution in [2.75, 3.05) is 26.2 Å². The van der Waals surface area contributed by atoms with E-state index in [1.165, 1.54) is 4.90 Å². The zero-order valence-electron chi connectivity index (χ0n) is 14.4. The van der Waals surface area contributed by atoms with Gasteiger partial charge in [0.2, 0.25) is 0 Å². The molecule has 1 N–H and O–H groups in total. The van der Waals surface area contributed by atoms with Crippen molar-refractivity contribution < 1.29 is 14.7 Å². The first-order chi connectivity index (χ1) is 11.0. The van der Waals surface area contributed by atoms with E-state index in [9.17, 15) is 9.59 Å². The van der Waals surface area contributed by atoms with Gasteiger partial charge in [-0.3, -0.25) is 4.79 Å². The lowest BCUT2D eigenvalue weighted by molar-refractivity contribution is 0.0754. The van der Waals surface area contributed by atoms with E-state index in [4.69, 9.17) is 5.11 Å². The molecule has 0 aromatic heterocycles. The quantitative estimate of drug-likeness (QED) is 0.757. The van der Waals surface area contributed by atoms with Gasteiger partial charge >= 0.3 is 6.09 Å². The minimum atomic E-state index is -0.921. The molecule has 128 valence electrons. The van der Waals surface area contributed by atoms with E-state index in [2.05, 4.69) is 13.8 Å². The average molecular weight is 320 g/mol. The number of carboxylic acid groups (broad SMARTS) is 1. The van der Waals surface area contributed by atoms with E-state index in [1.807, 2.05) is 36.1 Å². The molecular weight excluding hydrogens is 292 g/mol. The Bertz CT molecular complexity index is 511. The van der Waals surface area contributed by atoms with Crippen LogP contribution in [0.15, 0.2) is 24.3 Å². The summed E-state index contributed by atoms with van der Waals surface area (Å²) in [5.74, 6) is 0.0441. The summed E-state index contributed by atoms with van der Waals surface area (Å²) in [5.41, 5.74) is 1.60. The Hall–Kier alpha value is -2.04. The molecule has 0 saturated carbocycles. The van der Waals surface area contributed by atoms with Gasteiger partial charge in [-0.25, -0.2) is 4.79 Å². The summed E-state index contributed by atoms with van der Waals surface area (Å²) in [4.78, 5) is 27.1. The van der Waals surface area contributed by atoms with Crippen LogP contribution in [0.4, 0.5) is 4.79 Å². The van der Waals surface area contributed by atoms with E-state index in [0.717, 1.165) is 31.5 Å². The summed E-state index contributed by atoms with van der Waals surface area (Å²) < 4.78 is 0. The molecule has 0 aliphatic rings. The normalized spacial score (nSPS) is 10.4. The van der Waals surface area contributed by atoms with Crippen LogP contribution in [0.2, 0.25) is 0 Å². The molecule has 0 heterocycles. The highest BCUT2D eigenvalue weighted by atomic mass is 16.4. The first-order valence-corrected chi connectivity index (χ1v) is 8.40. The number of rotatable bonds is 9. The smallest absolute Gasteiger partial charge is 0.407 e. The van der Waals surface area contributed by atoms with Crippen molar-refractivity contribution in [3.05, 3.63) is 35.4 Å². The van der Waals surface area contributed by atoms with E-state index in [-0.39, 0.29) is 5.91 Å². The Labute approximate surface area is 138 Å². The van der Waals surface area contributed by atoms with Gasteiger partial charge in [-0.2, -0.15) is 0 Å². The molecule has 0 unspecified atom stereocenters. The second-order valence-corrected chi connectivity index (χ2v) is 5.56. The van der Waals surface area contributed by atoms with Crippen molar-refractivity contribution >= 4 is 12.0 Å². The summed E-state index contributed by atoms with van der Waals surface area (Å²) in [5, 5.41) is 9.11. The third-order valence-corrected chi connectivity index (χ3v) is 3.83. The van der Waals surface area contributed by atoms with Gasteiger partial charge in [0.05, 0.1) is 0 Å². The molecule has 5 heteroatoms. The summed E-state index contributed by atoms with van der Waals surface area (Å²) in [6.45, 7) is 8.28. The molecule has 0 bridgehead atoms. The molecule has 1 rings (SSSR count). The lowest BCUT2D eigenvalue weighted by Crippen LogP contribution is -2.34. The van der Waals surface area contributed by atoms with E-state index in [1.54, 1.807) is 0 Å². The minimum absolute atomic E-state index is 0.0441. The SMILES string of the molecule is CCCN(CCC)C(=O)c1ccccc1CCN(CC)C(=O)O. The predicted octanol–water partition coefficient (Wildman–Crippen LogP) is 3.49. The van der Waals surface area contributed by atoms with E-state index >= 15 is 0 Å². The van der Waals surface area contributed by atoms with Crippen molar-refractivity contribution in [2.45, 2.75) is 40.0 Å². The van der Waals surface area contributed by atoms with Crippen molar-refractivity contribution in [1.29, 1.82) is 0 Å². The van der Waals surface area contributed by atoms with E-state index < -0.39 is 6.09 Å². The number of carbonyl (C=O) groups excluding carboxylic acids is 1.